The van der Waals surface area contributed by atoms with Gasteiger partial charge in [-0.3, -0.25) is 19.4 Å². The molecule has 7 heteroatoms. The summed E-state index contributed by atoms with van der Waals surface area (Å²) in [6.07, 6.45) is 4.29. The van der Waals surface area contributed by atoms with Crippen LogP contribution >= 0.6 is 11.8 Å². The van der Waals surface area contributed by atoms with E-state index >= 15 is 0 Å². The van der Waals surface area contributed by atoms with E-state index in [2.05, 4.69) is 4.98 Å². The van der Waals surface area contributed by atoms with E-state index in [9.17, 15) is 14.4 Å². The maximum Gasteiger partial charge on any atom is 0.308 e. The molecule has 1 aliphatic rings. The third-order valence-corrected chi connectivity index (χ3v) is 4.24. The highest BCUT2D eigenvalue weighted by Gasteiger charge is 2.40. The summed E-state index contributed by atoms with van der Waals surface area (Å²) in [5.41, 5.74) is 0.708. The quantitative estimate of drug-likeness (QED) is 0.822. The van der Waals surface area contributed by atoms with E-state index in [4.69, 9.17) is 5.11 Å². The second-order valence-corrected chi connectivity index (χ2v) is 5.45. The second kappa shape index (κ2) is 6.09. The van der Waals surface area contributed by atoms with Crippen LogP contribution in [0.1, 0.15) is 16.8 Å². The minimum absolute atomic E-state index is 0.0613. The highest BCUT2D eigenvalue weighted by Crippen LogP contribution is 2.34. The van der Waals surface area contributed by atoms with Gasteiger partial charge in [0.05, 0.1) is 6.42 Å². The smallest absolute Gasteiger partial charge is 0.308 e. The molecule has 0 aliphatic carbocycles. The first-order valence-electron chi connectivity index (χ1n) is 6.17. The van der Waals surface area contributed by atoms with E-state index in [1.165, 1.54) is 29.1 Å². The number of aromatic nitrogens is 1. The van der Waals surface area contributed by atoms with Crippen molar-refractivity contribution in [2.45, 2.75) is 11.8 Å². The number of hydrogen-bond acceptors (Lipinski definition) is 5. The van der Waals surface area contributed by atoms with Gasteiger partial charge in [-0.05, 0) is 18.4 Å². The number of thioether (sulfide) groups is 1. The van der Waals surface area contributed by atoms with E-state index in [0.717, 1.165) is 0 Å². The molecular weight excluding hydrogens is 292 g/mol. The molecule has 1 atom stereocenters. The molecule has 0 spiro atoms. The van der Waals surface area contributed by atoms with Crippen LogP contribution in [0, 0.1) is 0 Å². The van der Waals surface area contributed by atoms with E-state index < -0.39 is 23.7 Å². The lowest BCUT2D eigenvalue weighted by molar-refractivity contribution is -0.137. The number of carboxylic acids is 1. The van der Waals surface area contributed by atoms with Crippen LogP contribution in [0.5, 0.6) is 0 Å². The zero-order valence-corrected chi connectivity index (χ0v) is 12.4. The lowest BCUT2D eigenvalue weighted by atomic mass is 9.99. The Morgan fingerprint density at radius 2 is 2.00 bits per heavy atom. The topological polar surface area (TPSA) is 87.6 Å². The van der Waals surface area contributed by atoms with Gasteiger partial charge in [0.1, 0.15) is 5.37 Å². The molecule has 1 N–H and O–H groups in total. The van der Waals surface area contributed by atoms with Gasteiger partial charge in [-0.1, -0.05) is 0 Å². The van der Waals surface area contributed by atoms with Crippen molar-refractivity contribution in [3.8, 4) is 0 Å². The zero-order chi connectivity index (χ0) is 15.6. The Morgan fingerprint density at radius 3 is 2.52 bits per heavy atom. The number of carbonyl (C=O) groups excluding carboxylic acids is 2. The third-order valence-electron chi connectivity index (χ3n) is 3.24. The summed E-state index contributed by atoms with van der Waals surface area (Å²) in [7, 11) is 1.57. The molecule has 0 unspecified atom stereocenters. The second-order valence-electron chi connectivity index (χ2n) is 4.53. The number of nitrogens with zero attached hydrogens (tertiary/aromatic N) is 2. The summed E-state index contributed by atoms with van der Waals surface area (Å²) in [6.45, 7) is 0. The van der Waals surface area contributed by atoms with E-state index in [0.29, 0.717) is 5.56 Å². The minimum atomic E-state index is -1.13. The van der Waals surface area contributed by atoms with Crippen LogP contribution in [0.25, 0.3) is 0 Å². The molecule has 1 amide bonds. The van der Waals surface area contributed by atoms with E-state index in [-0.39, 0.29) is 16.9 Å². The maximum atomic E-state index is 12.6. The number of amides is 1. The van der Waals surface area contributed by atoms with Crippen molar-refractivity contribution < 1.29 is 19.5 Å². The fourth-order valence-electron chi connectivity index (χ4n) is 2.28. The van der Waals surface area contributed by atoms with E-state index in [1.807, 2.05) is 0 Å². The monoisotopic (exact) mass is 306 g/mol. The molecule has 0 aromatic carbocycles. The molecular formula is C14H14N2O4S. The number of rotatable bonds is 5. The Hall–Kier alpha value is -2.15. The number of ketones is 1. The molecule has 1 aromatic rings. The first kappa shape index (κ1) is 15.2. The SMILES string of the molecule is CS[C@@H]1C(C(=O)c2ccncc2)=C(CC(=O)O)C(=O)N1C. The molecule has 1 aromatic heterocycles. The first-order valence-corrected chi connectivity index (χ1v) is 7.45. The molecule has 6 nitrogen and oxygen atoms in total. The summed E-state index contributed by atoms with van der Waals surface area (Å²) >= 11 is 1.32. The average molecular weight is 306 g/mol. The van der Waals surface area contributed by atoms with Gasteiger partial charge in [-0.25, -0.2) is 0 Å². The van der Waals surface area contributed by atoms with Crippen molar-refractivity contribution in [2.24, 2.45) is 0 Å². The van der Waals surface area contributed by atoms with Gasteiger partial charge < -0.3 is 10.0 Å². The van der Waals surface area contributed by atoms with Gasteiger partial charge in [0, 0.05) is 36.2 Å². The molecule has 21 heavy (non-hydrogen) atoms. The van der Waals surface area contributed by atoms with Gasteiger partial charge in [0.2, 0.25) is 0 Å². The molecule has 2 heterocycles. The molecule has 0 saturated heterocycles. The van der Waals surface area contributed by atoms with Gasteiger partial charge in [0.25, 0.3) is 5.91 Å². The number of aliphatic carboxylic acids is 1. The molecule has 110 valence electrons. The van der Waals surface area contributed by atoms with Crippen molar-refractivity contribution in [2.75, 3.05) is 13.3 Å². The molecule has 0 fully saturated rings. The van der Waals surface area contributed by atoms with Gasteiger partial charge >= 0.3 is 5.97 Å². The summed E-state index contributed by atoms with van der Waals surface area (Å²) < 4.78 is 0. The molecule has 0 radical (unpaired) electrons. The number of likely N-dealkylation sites (N-methyl/N-ethyl adjacent to an activating group) is 1. The zero-order valence-electron chi connectivity index (χ0n) is 11.6. The largest absolute Gasteiger partial charge is 0.481 e. The van der Waals surface area contributed by atoms with Crippen molar-refractivity contribution in [1.82, 2.24) is 9.88 Å². The Balaban J connectivity index is 2.52. The number of carboxylic acid groups (broad SMARTS) is 1. The van der Waals surface area contributed by atoms with Crippen LogP contribution in [0.4, 0.5) is 0 Å². The standard InChI is InChI=1S/C14H14N2O4S/c1-16-13(20)9(7-10(17)18)11(14(16)21-2)12(19)8-3-5-15-6-4-8/h3-6,14H,7H2,1-2H3,(H,17,18)/t14-/m1/s1. The number of carbonyl (C=O) groups is 3. The van der Waals surface area contributed by atoms with Crippen molar-refractivity contribution >= 4 is 29.4 Å². The van der Waals surface area contributed by atoms with Crippen LogP contribution in [-0.2, 0) is 9.59 Å². The molecule has 2 rings (SSSR count). The maximum absolute atomic E-state index is 12.6. The van der Waals surface area contributed by atoms with Crippen molar-refractivity contribution in [3.63, 3.8) is 0 Å². The predicted octanol–water partition coefficient (Wildman–Crippen LogP) is 1.20. The highest BCUT2D eigenvalue weighted by molar-refractivity contribution is 7.99. The third kappa shape index (κ3) is 2.82. The van der Waals surface area contributed by atoms with Crippen molar-refractivity contribution in [3.05, 3.63) is 41.2 Å². The lowest BCUT2D eigenvalue weighted by Crippen LogP contribution is -2.30. The minimum Gasteiger partial charge on any atom is -0.481 e. The van der Waals surface area contributed by atoms with Crippen LogP contribution in [-0.4, -0.2) is 51.3 Å². The number of hydrogen-bond donors (Lipinski definition) is 1. The van der Waals surface area contributed by atoms with Gasteiger partial charge in [0.15, 0.2) is 5.78 Å². The van der Waals surface area contributed by atoms with E-state index in [1.54, 1.807) is 25.4 Å². The molecule has 1 aliphatic heterocycles. The average Bonchev–Trinajstić information content (AvgIpc) is 2.71. The first-order chi connectivity index (χ1) is 9.97. The highest BCUT2D eigenvalue weighted by atomic mass is 32.2. The fourth-order valence-corrected chi connectivity index (χ4v) is 3.18. The van der Waals surface area contributed by atoms with Gasteiger partial charge in [-0.2, -0.15) is 0 Å². The predicted molar refractivity (Wildman–Crippen MR) is 77.9 cm³/mol. The summed E-state index contributed by atoms with van der Waals surface area (Å²) in [5.74, 6) is -1.87. The Morgan fingerprint density at radius 1 is 1.38 bits per heavy atom. The number of Topliss-reactive ketones (excluding diaryl/α,β-unsaturated/α-hetero) is 1. The normalized spacial score (nSPS) is 18.3. The molecule has 0 bridgehead atoms. The Kier molecular flexibility index (Phi) is 4.42. The summed E-state index contributed by atoms with van der Waals surface area (Å²) in [5, 5.41) is 8.51. The Bertz CT molecular complexity index is 627. The fraction of sp³-hybridized carbons (Fsp3) is 0.286. The summed E-state index contributed by atoms with van der Waals surface area (Å²) in [4.78, 5) is 41.0. The van der Waals surface area contributed by atoms with Crippen LogP contribution in [0.2, 0.25) is 0 Å². The van der Waals surface area contributed by atoms with Crippen LogP contribution in [0.15, 0.2) is 35.7 Å². The summed E-state index contributed by atoms with van der Waals surface area (Å²) in [6, 6.07) is 3.10. The van der Waals surface area contributed by atoms with Crippen molar-refractivity contribution in [1.29, 1.82) is 0 Å². The van der Waals surface area contributed by atoms with Crippen LogP contribution in [0.3, 0.4) is 0 Å². The number of pyridine rings is 1. The van der Waals surface area contributed by atoms with Crippen LogP contribution < -0.4 is 0 Å². The van der Waals surface area contributed by atoms with Gasteiger partial charge in [-0.15, -0.1) is 11.8 Å². The molecule has 0 saturated carbocycles. The lowest BCUT2D eigenvalue weighted by Gasteiger charge is -2.20. The Labute approximate surface area is 125 Å².